The molecular weight excluding hydrogens is 503 g/mol. The van der Waals surface area contributed by atoms with Crippen LogP contribution in [0.3, 0.4) is 0 Å². The highest BCUT2D eigenvalue weighted by atomic mass is 35.5. The molecule has 33 heavy (non-hydrogen) atoms. The molecule has 1 aliphatic rings. The first kappa shape index (κ1) is 23.7. The Balaban J connectivity index is 1.40. The summed E-state index contributed by atoms with van der Waals surface area (Å²) in [7, 11) is 0. The van der Waals surface area contributed by atoms with Crippen molar-refractivity contribution in [3.05, 3.63) is 86.5 Å². The lowest BCUT2D eigenvalue weighted by atomic mass is 10.1. The summed E-state index contributed by atoms with van der Waals surface area (Å²) >= 11 is 9.92. The average Bonchev–Trinajstić information content (AvgIpc) is 3.28. The van der Waals surface area contributed by atoms with Gasteiger partial charge in [0.25, 0.3) is 11.1 Å². The smallest absolute Gasteiger partial charge is 0.292 e. The number of aryl methyl sites for hydroxylation is 1. The van der Waals surface area contributed by atoms with Crippen molar-refractivity contribution in [2.24, 2.45) is 0 Å². The predicted molar refractivity (Wildman–Crippen MR) is 131 cm³/mol. The second kappa shape index (κ2) is 10.6. The Morgan fingerprint density at radius 3 is 2.58 bits per heavy atom. The van der Waals surface area contributed by atoms with Crippen LogP contribution >= 0.6 is 46.5 Å². The number of ketones is 1. The first-order chi connectivity index (χ1) is 15.9. The highest BCUT2D eigenvalue weighted by Gasteiger charge is 2.36. The zero-order chi connectivity index (χ0) is 23.4. The van der Waals surface area contributed by atoms with E-state index in [-0.39, 0.29) is 15.6 Å². The average molecular weight is 519 g/mol. The van der Waals surface area contributed by atoms with Crippen molar-refractivity contribution < 1.29 is 18.8 Å². The van der Waals surface area contributed by atoms with Gasteiger partial charge in [-0.2, -0.15) is 0 Å². The Labute approximate surface area is 207 Å². The summed E-state index contributed by atoms with van der Waals surface area (Å²) in [4.78, 5) is 43.4. The molecule has 1 aromatic heterocycles. The number of nitrogens with zero attached hydrogens (tertiary/aromatic N) is 2. The van der Waals surface area contributed by atoms with Crippen LogP contribution in [0, 0.1) is 5.82 Å². The molecule has 0 aliphatic carbocycles. The number of carbonyl (C=O) groups excluding carboxylic acids is 3. The first-order valence-electron chi connectivity index (χ1n) is 9.78. The quantitative estimate of drug-likeness (QED) is 0.201. The summed E-state index contributed by atoms with van der Waals surface area (Å²) < 4.78 is 13.8. The Morgan fingerprint density at radius 2 is 1.85 bits per heavy atom. The van der Waals surface area contributed by atoms with Crippen molar-refractivity contribution in [2.75, 3.05) is 12.3 Å². The third kappa shape index (κ3) is 5.92. The fraction of sp³-hybridized carbons (Fsp3) is 0.130. The van der Waals surface area contributed by atoms with E-state index in [9.17, 15) is 18.8 Å². The third-order valence-corrected chi connectivity index (χ3v) is 8.11. The minimum absolute atomic E-state index is 0.179. The van der Waals surface area contributed by atoms with Crippen molar-refractivity contribution in [3.63, 3.8) is 0 Å². The Morgan fingerprint density at radius 1 is 1.12 bits per heavy atom. The van der Waals surface area contributed by atoms with Crippen LogP contribution in [0.25, 0.3) is 6.08 Å². The second-order valence-corrected chi connectivity index (χ2v) is 10.6. The normalized spacial score (nSPS) is 15.0. The number of Topliss-reactive ketones (excluding diaryl/α,β-unsaturated/α-hetero) is 1. The van der Waals surface area contributed by atoms with Gasteiger partial charge in [-0.25, -0.2) is 9.37 Å². The van der Waals surface area contributed by atoms with E-state index < -0.39 is 29.3 Å². The number of amides is 2. The van der Waals surface area contributed by atoms with Gasteiger partial charge in [0.2, 0.25) is 0 Å². The standard InChI is InChI=1S/C23H16ClFN2O3S3/c24-20-18(32-22(26-20)31-11-10-14-4-2-1-3-5-14)12-19-21(29)27(23(30)33-19)13-17(28)15-6-8-16(25)9-7-15/h1-9,12H,10-11,13H2/b19-12-. The molecule has 0 N–H and O–H groups in total. The van der Waals surface area contributed by atoms with Crippen LogP contribution < -0.4 is 0 Å². The minimum atomic E-state index is -0.566. The molecule has 10 heteroatoms. The van der Waals surface area contributed by atoms with Crippen LogP contribution in [0.2, 0.25) is 5.15 Å². The van der Waals surface area contributed by atoms with Gasteiger partial charge >= 0.3 is 0 Å². The molecule has 1 fully saturated rings. The molecule has 0 unspecified atom stereocenters. The van der Waals surface area contributed by atoms with E-state index in [1.54, 1.807) is 11.8 Å². The van der Waals surface area contributed by atoms with Gasteiger partial charge < -0.3 is 0 Å². The third-order valence-electron chi connectivity index (χ3n) is 4.65. The van der Waals surface area contributed by atoms with E-state index in [1.165, 1.54) is 35.1 Å². The topological polar surface area (TPSA) is 67.3 Å². The molecule has 3 aromatic rings. The second-order valence-electron chi connectivity index (χ2n) is 6.92. The summed E-state index contributed by atoms with van der Waals surface area (Å²) in [6.07, 6.45) is 2.42. The molecule has 0 spiro atoms. The highest BCUT2D eigenvalue weighted by Crippen LogP contribution is 2.37. The number of imide groups is 1. The maximum Gasteiger partial charge on any atom is 0.293 e. The molecule has 0 atom stereocenters. The fourth-order valence-electron chi connectivity index (χ4n) is 2.97. The summed E-state index contributed by atoms with van der Waals surface area (Å²) in [5.74, 6) is -0.663. The number of carbonyl (C=O) groups is 3. The molecule has 2 aromatic carbocycles. The van der Waals surface area contributed by atoms with Gasteiger partial charge in [0, 0.05) is 11.3 Å². The number of halogens is 2. The minimum Gasteiger partial charge on any atom is -0.292 e. The van der Waals surface area contributed by atoms with E-state index >= 15 is 0 Å². The number of thioether (sulfide) groups is 2. The van der Waals surface area contributed by atoms with Crippen LogP contribution in [0.15, 0.2) is 63.8 Å². The molecule has 0 radical (unpaired) electrons. The number of hydrogen-bond acceptors (Lipinski definition) is 7. The van der Waals surface area contributed by atoms with E-state index in [2.05, 4.69) is 17.1 Å². The van der Waals surface area contributed by atoms with E-state index in [4.69, 9.17) is 11.6 Å². The number of aromatic nitrogens is 1. The lowest BCUT2D eigenvalue weighted by Gasteiger charge is -2.11. The Hall–Kier alpha value is -2.46. The van der Waals surface area contributed by atoms with Crippen LogP contribution in [0.5, 0.6) is 0 Å². The first-order valence-corrected chi connectivity index (χ1v) is 12.8. The zero-order valence-electron chi connectivity index (χ0n) is 17.0. The molecule has 168 valence electrons. The van der Waals surface area contributed by atoms with Gasteiger partial charge in [0.05, 0.1) is 16.3 Å². The summed E-state index contributed by atoms with van der Waals surface area (Å²) in [6, 6.07) is 15.1. The molecule has 0 bridgehead atoms. The van der Waals surface area contributed by atoms with Crippen LogP contribution in [-0.4, -0.2) is 39.1 Å². The largest absolute Gasteiger partial charge is 0.293 e. The Kier molecular flexibility index (Phi) is 7.64. The Bertz CT molecular complexity index is 1230. The molecule has 0 saturated carbocycles. The van der Waals surface area contributed by atoms with Crippen molar-refractivity contribution in [3.8, 4) is 0 Å². The zero-order valence-corrected chi connectivity index (χ0v) is 20.2. The molecule has 2 amide bonds. The van der Waals surface area contributed by atoms with Crippen molar-refractivity contribution >= 4 is 69.5 Å². The van der Waals surface area contributed by atoms with Crippen LogP contribution in [-0.2, 0) is 11.2 Å². The predicted octanol–water partition coefficient (Wildman–Crippen LogP) is 6.19. The van der Waals surface area contributed by atoms with E-state index in [1.807, 2.05) is 18.2 Å². The maximum atomic E-state index is 13.1. The molecule has 1 aliphatic heterocycles. The van der Waals surface area contributed by atoms with Gasteiger partial charge in [-0.05, 0) is 54.1 Å². The molecule has 1 saturated heterocycles. The number of hydrogen-bond donors (Lipinski definition) is 0. The SMILES string of the molecule is O=C(CN1C(=O)S/C(=C\c2sc(SCCc3ccccc3)nc2Cl)C1=O)c1ccc(F)cc1. The lowest BCUT2D eigenvalue weighted by Crippen LogP contribution is -2.33. The fourth-order valence-corrected chi connectivity index (χ4v) is 6.28. The van der Waals surface area contributed by atoms with Gasteiger partial charge in [-0.1, -0.05) is 53.7 Å². The van der Waals surface area contributed by atoms with Crippen molar-refractivity contribution in [1.82, 2.24) is 9.88 Å². The highest BCUT2D eigenvalue weighted by molar-refractivity contribution is 8.18. The van der Waals surface area contributed by atoms with Crippen molar-refractivity contribution in [2.45, 2.75) is 10.8 Å². The molecule has 2 heterocycles. The summed E-state index contributed by atoms with van der Waals surface area (Å²) in [6.45, 7) is -0.412. The van der Waals surface area contributed by atoms with Gasteiger partial charge in [0.1, 0.15) is 11.0 Å². The monoisotopic (exact) mass is 518 g/mol. The summed E-state index contributed by atoms with van der Waals surface area (Å²) in [5, 5.41) is -0.281. The molecule has 5 nitrogen and oxygen atoms in total. The number of benzene rings is 2. The maximum absolute atomic E-state index is 13.1. The summed E-state index contributed by atoms with van der Waals surface area (Å²) in [5.41, 5.74) is 1.46. The van der Waals surface area contributed by atoms with Gasteiger partial charge in [-0.3, -0.25) is 19.3 Å². The van der Waals surface area contributed by atoms with Crippen LogP contribution in [0.1, 0.15) is 20.8 Å². The number of rotatable bonds is 8. The lowest BCUT2D eigenvalue weighted by molar-refractivity contribution is -0.122. The van der Waals surface area contributed by atoms with Gasteiger partial charge in [0.15, 0.2) is 10.1 Å². The van der Waals surface area contributed by atoms with Crippen molar-refractivity contribution in [1.29, 1.82) is 0 Å². The molecular formula is C23H16ClFN2O3S3. The van der Waals surface area contributed by atoms with Gasteiger partial charge in [-0.15, -0.1) is 11.3 Å². The van der Waals surface area contributed by atoms with E-state index in [0.29, 0.717) is 4.88 Å². The van der Waals surface area contributed by atoms with Crippen LogP contribution in [0.4, 0.5) is 9.18 Å². The number of thiazole rings is 1. The molecule has 4 rings (SSSR count). The van der Waals surface area contributed by atoms with E-state index in [0.717, 1.165) is 45.3 Å².